The maximum absolute atomic E-state index is 3.78. The molecule has 0 aromatic heterocycles. The molecule has 1 heteroatoms. The van der Waals surface area contributed by atoms with Crippen LogP contribution < -0.4 is 5.32 Å². The first-order valence-electron chi connectivity index (χ1n) is 8.30. The lowest BCUT2D eigenvalue weighted by Crippen LogP contribution is -2.47. The quantitative estimate of drug-likeness (QED) is 0.809. The summed E-state index contributed by atoms with van der Waals surface area (Å²) in [6.45, 7) is 10.2. The van der Waals surface area contributed by atoms with Gasteiger partial charge in [0.15, 0.2) is 0 Å². The molecule has 1 atom stereocenters. The molecule has 1 aromatic rings. The monoisotopic (exact) mass is 273 g/mol. The van der Waals surface area contributed by atoms with E-state index in [4.69, 9.17) is 0 Å². The molecule has 0 spiro atoms. The van der Waals surface area contributed by atoms with Gasteiger partial charge < -0.3 is 5.32 Å². The zero-order valence-corrected chi connectivity index (χ0v) is 13.8. The molecular weight excluding hydrogens is 242 g/mol. The summed E-state index contributed by atoms with van der Waals surface area (Å²) in [6.07, 6.45) is 7.89. The van der Waals surface area contributed by atoms with Crippen LogP contribution in [0.25, 0.3) is 0 Å². The molecule has 0 amide bonds. The van der Waals surface area contributed by atoms with Gasteiger partial charge in [0.1, 0.15) is 0 Å². The highest BCUT2D eigenvalue weighted by Gasteiger charge is 2.36. The van der Waals surface area contributed by atoms with Crippen LogP contribution in [0.4, 0.5) is 0 Å². The van der Waals surface area contributed by atoms with Gasteiger partial charge in [-0.15, -0.1) is 0 Å². The topological polar surface area (TPSA) is 12.0 Å². The summed E-state index contributed by atoms with van der Waals surface area (Å²) in [5, 5.41) is 3.78. The number of aryl methyl sites for hydroxylation is 1. The number of unbranched alkanes of at least 4 members (excludes halogenated alkanes) is 1. The second-order valence-electron chi connectivity index (χ2n) is 7.50. The van der Waals surface area contributed by atoms with Crippen LogP contribution >= 0.6 is 0 Å². The molecule has 0 bridgehead atoms. The highest BCUT2D eigenvalue weighted by molar-refractivity contribution is 5.37. The summed E-state index contributed by atoms with van der Waals surface area (Å²) in [4.78, 5) is 0. The molecule has 0 radical (unpaired) electrons. The highest BCUT2D eigenvalue weighted by atomic mass is 15.0. The zero-order chi connectivity index (χ0) is 14.6. The fraction of sp³-hybridized carbons (Fsp3) is 0.684. The molecular formula is C19H31N. The largest absolute Gasteiger partial charge is 0.311 e. The van der Waals surface area contributed by atoms with Crippen molar-refractivity contribution in [3.63, 3.8) is 0 Å². The van der Waals surface area contributed by atoms with E-state index < -0.39 is 0 Å². The van der Waals surface area contributed by atoms with E-state index in [1.165, 1.54) is 38.5 Å². The number of rotatable bonds is 5. The Hall–Kier alpha value is -0.820. The van der Waals surface area contributed by atoms with Crippen LogP contribution in [0.15, 0.2) is 24.3 Å². The van der Waals surface area contributed by atoms with Crippen LogP contribution in [-0.2, 0) is 11.8 Å². The van der Waals surface area contributed by atoms with Crippen molar-refractivity contribution in [2.24, 2.45) is 0 Å². The van der Waals surface area contributed by atoms with Gasteiger partial charge in [-0.2, -0.15) is 0 Å². The van der Waals surface area contributed by atoms with Gasteiger partial charge in [0.2, 0.25) is 0 Å². The number of hydrogen-bond donors (Lipinski definition) is 1. The summed E-state index contributed by atoms with van der Waals surface area (Å²) in [5.41, 5.74) is 3.77. The molecule has 112 valence electrons. The van der Waals surface area contributed by atoms with E-state index in [2.05, 4.69) is 57.3 Å². The molecule has 0 heterocycles. The minimum atomic E-state index is 0.200. The van der Waals surface area contributed by atoms with Gasteiger partial charge in [-0.25, -0.2) is 0 Å². The van der Waals surface area contributed by atoms with Crippen molar-refractivity contribution in [1.82, 2.24) is 5.32 Å². The molecule has 1 aliphatic carbocycles. The third-order valence-corrected chi connectivity index (χ3v) is 4.66. The van der Waals surface area contributed by atoms with Gasteiger partial charge in [0, 0.05) is 17.5 Å². The smallest absolute Gasteiger partial charge is 0.00968 e. The number of benzene rings is 1. The number of fused-ring (bicyclic) bond motifs is 1. The predicted molar refractivity (Wildman–Crippen MR) is 88.3 cm³/mol. The van der Waals surface area contributed by atoms with Crippen molar-refractivity contribution < 1.29 is 0 Å². The lowest BCUT2D eigenvalue weighted by atomic mass is 9.67. The van der Waals surface area contributed by atoms with Crippen molar-refractivity contribution in [3.8, 4) is 0 Å². The van der Waals surface area contributed by atoms with E-state index in [0.29, 0.717) is 5.41 Å². The molecule has 1 N–H and O–H groups in total. The van der Waals surface area contributed by atoms with E-state index in [1.807, 2.05) is 0 Å². The van der Waals surface area contributed by atoms with E-state index in [-0.39, 0.29) is 5.54 Å². The third-order valence-electron chi connectivity index (χ3n) is 4.66. The van der Waals surface area contributed by atoms with Crippen LogP contribution in [0.3, 0.4) is 0 Å². The lowest BCUT2D eigenvalue weighted by molar-refractivity contribution is 0.274. The summed E-state index contributed by atoms with van der Waals surface area (Å²) in [6, 6.07) is 9.15. The first kappa shape index (κ1) is 15.6. The van der Waals surface area contributed by atoms with Crippen LogP contribution in [0.1, 0.15) is 70.9 Å². The highest BCUT2D eigenvalue weighted by Crippen LogP contribution is 2.41. The van der Waals surface area contributed by atoms with Gasteiger partial charge >= 0.3 is 0 Å². The molecule has 20 heavy (non-hydrogen) atoms. The molecule has 0 fully saturated rings. The third kappa shape index (κ3) is 3.63. The second kappa shape index (κ2) is 6.30. The van der Waals surface area contributed by atoms with E-state index in [0.717, 1.165) is 6.54 Å². The normalized spacial score (nSPS) is 22.6. The van der Waals surface area contributed by atoms with Crippen LogP contribution in [0, 0.1) is 0 Å². The summed E-state index contributed by atoms with van der Waals surface area (Å²) < 4.78 is 0. The SMILES string of the molecule is CCCCC1(CNC(C)(C)C)CCCc2ccccc21. The van der Waals surface area contributed by atoms with E-state index in [9.17, 15) is 0 Å². The number of nitrogens with one attached hydrogen (secondary N) is 1. The molecule has 1 aromatic carbocycles. The molecule has 1 nitrogen and oxygen atoms in total. The molecule has 0 saturated carbocycles. The first-order chi connectivity index (χ1) is 9.47. The molecule has 1 aliphatic rings. The van der Waals surface area contributed by atoms with Gasteiger partial charge in [-0.3, -0.25) is 0 Å². The Bertz CT molecular complexity index is 430. The Balaban J connectivity index is 2.28. The summed E-state index contributed by atoms with van der Waals surface area (Å²) >= 11 is 0. The average Bonchev–Trinajstić information content (AvgIpc) is 2.42. The molecule has 0 aliphatic heterocycles. The Morgan fingerprint density at radius 1 is 1.20 bits per heavy atom. The molecule has 2 rings (SSSR count). The maximum atomic E-state index is 3.78. The standard InChI is InChI=1S/C19H31N/c1-5-6-13-19(15-20-18(2,3)4)14-9-11-16-10-7-8-12-17(16)19/h7-8,10,12,20H,5-6,9,11,13-15H2,1-4H3. The first-order valence-corrected chi connectivity index (χ1v) is 8.30. The molecule has 0 saturated heterocycles. The Labute approximate surface area is 125 Å². The zero-order valence-electron chi connectivity index (χ0n) is 13.8. The van der Waals surface area contributed by atoms with Crippen molar-refractivity contribution >= 4 is 0 Å². The Morgan fingerprint density at radius 3 is 2.65 bits per heavy atom. The van der Waals surface area contributed by atoms with Crippen LogP contribution in [0.5, 0.6) is 0 Å². The van der Waals surface area contributed by atoms with Crippen molar-refractivity contribution in [1.29, 1.82) is 0 Å². The van der Waals surface area contributed by atoms with Gasteiger partial charge in [0.05, 0.1) is 0 Å². The number of hydrogen-bond acceptors (Lipinski definition) is 1. The Kier molecular flexibility index (Phi) is 4.90. The fourth-order valence-electron chi connectivity index (χ4n) is 3.49. The van der Waals surface area contributed by atoms with E-state index >= 15 is 0 Å². The van der Waals surface area contributed by atoms with Crippen molar-refractivity contribution in [3.05, 3.63) is 35.4 Å². The minimum Gasteiger partial charge on any atom is -0.311 e. The van der Waals surface area contributed by atoms with Crippen LogP contribution in [0.2, 0.25) is 0 Å². The van der Waals surface area contributed by atoms with E-state index in [1.54, 1.807) is 11.1 Å². The maximum Gasteiger partial charge on any atom is 0.00968 e. The van der Waals surface area contributed by atoms with Gasteiger partial charge in [-0.1, -0.05) is 44.0 Å². The Morgan fingerprint density at radius 2 is 1.95 bits per heavy atom. The van der Waals surface area contributed by atoms with Gasteiger partial charge in [0.25, 0.3) is 0 Å². The average molecular weight is 273 g/mol. The molecule has 1 unspecified atom stereocenters. The fourth-order valence-corrected chi connectivity index (χ4v) is 3.49. The lowest BCUT2D eigenvalue weighted by Gasteiger charge is -2.41. The van der Waals surface area contributed by atoms with Crippen molar-refractivity contribution in [2.75, 3.05) is 6.54 Å². The minimum absolute atomic E-state index is 0.200. The van der Waals surface area contributed by atoms with Crippen molar-refractivity contribution in [2.45, 2.75) is 77.2 Å². The second-order valence-corrected chi connectivity index (χ2v) is 7.50. The predicted octanol–water partition coefficient (Wildman–Crippen LogP) is 4.84. The summed E-state index contributed by atoms with van der Waals surface area (Å²) in [7, 11) is 0. The van der Waals surface area contributed by atoms with Crippen LogP contribution in [-0.4, -0.2) is 12.1 Å². The van der Waals surface area contributed by atoms with Gasteiger partial charge in [-0.05, 0) is 57.6 Å². The summed E-state index contributed by atoms with van der Waals surface area (Å²) in [5.74, 6) is 0.